The molecule has 5 heteroatoms. The number of carboxylic acid groups (broad SMARTS) is 1. The maximum Gasteiger partial charge on any atom is 0.307 e. The fourth-order valence-electron chi connectivity index (χ4n) is 2.83. The number of rotatable bonds is 4. The highest BCUT2D eigenvalue weighted by Gasteiger charge is 2.37. The van der Waals surface area contributed by atoms with Crippen LogP contribution in [0.3, 0.4) is 0 Å². The molecule has 0 unspecified atom stereocenters. The number of ether oxygens (including phenoxy) is 1. The van der Waals surface area contributed by atoms with E-state index in [4.69, 9.17) is 4.74 Å². The highest BCUT2D eigenvalue weighted by atomic mass is 16.6. The van der Waals surface area contributed by atoms with Crippen molar-refractivity contribution in [3.05, 3.63) is 29.6 Å². The SMILES string of the molecule is CC(C)(C)OC(=O)C[C@H](C(=O)O)[C@H]1CCc2ncccc21. The molecule has 0 saturated carbocycles. The molecular formula is C16H21NO4. The fraction of sp³-hybridized carbons (Fsp3) is 0.562. The van der Waals surface area contributed by atoms with Gasteiger partial charge in [-0.3, -0.25) is 14.6 Å². The van der Waals surface area contributed by atoms with Gasteiger partial charge in [0.1, 0.15) is 5.60 Å². The summed E-state index contributed by atoms with van der Waals surface area (Å²) in [6.45, 7) is 5.32. The van der Waals surface area contributed by atoms with Gasteiger partial charge < -0.3 is 9.84 Å². The topological polar surface area (TPSA) is 76.5 Å². The Labute approximate surface area is 124 Å². The summed E-state index contributed by atoms with van der Waals surface area (Å²) < 4.78 is 5.25. The largest absolute Gasteiger partial charge is 0.481 e. The first-order valence-corrected chi connectivity index (χ1v) is 7.16. The smallest absolute Gasteiger partial charge is 0.307 e. The summed E-state index contributed by atoms with van der Waals surface area (Å²) in [5.74, 6) is -2.35. The lowest BCUT2D eigenvalue weighted by atomic mass is 9.85. The molecule has 1 aliphatic carbocycles. The zero-order chi connectivity index (χ0) is 15.6. The number of pyridine rings is 1. The average Bonchev–Trinajstić information content (AvgIpc) is 2.77. The van der Waals surface area contributed by atoms with E-state index in [0.29, 0.717) is 6.42 Å². The molecule has 1 aliphatic rings. The van der Waals surface area contributed by atoms with Gasteiger partial charge in [0.05, 0.1) is 12.3 Å². The summed E-state index contributed by atoms with van der Waals surface area (Å²) in [7, 11) is 0. The molecular weight excluding hydrogens is 270 g/mol. The van der Waals surface area contributed by atoms with Crippen LogP contribution < -0.4 is 0 Å². The first-order valence-electron chi connectivity index (χ1n) is 7.16. The van der Waals surface area contributed by atoms with Gasteiger partial charge in [-0.1, -0.05) is 6.07 Å². The third-order valence-electron chi connectivity index (χ3n) is 3.63. The van der Waals surface area contributed by atoms with Gasteiger partial charge in [0.25, 0.3) is 0 Å². The first kappa shape index (κ1) is 15.5. The maximum atomic E-state index is 11.9. The number of esters is 1. The number of aryl methyl sites for hydroxylation is 1. The predicted octanol–water partition coefficient (Wildman–Crippen LogP) is 2.54. The molecule has 2 atom stereocenters. The van der Waals surface area contributed by atoms with Gasteiger partial charge in [-0.15, -0.1) is 0 Å². The van der Waals surface area contributed by atoms with E-state index in [-0.39, 0.29) is 12.3 Å². The third kappa shape index (κ3) is 3.80. The number of aromatic nitrogens is 1. The summed E-state index contributed by atoms with van der Waals surface area (Å²) in [6, 6.07) is 3.72. The minimum atomic E-state index is -0.956. The zero-order valence-corrected chi connectivity index (χ0v) is 12.6. The number of fused-ring (bicyclic) bond motifs is 1. The van der Waals surface area contributed by atoms with E-state index in [1.54, 1.807) is 27.0 Å². The molecule has 0 spiro atoms. The second-order valence-electron chi connectivity index (χ2n) is 6.42. The standard InChI is InChI=1S/C16H21NO4/c1-16(2,3)21-14(18)9-12(15(19)20)10-6-7-13-11(10)5-4-8-17-13/h4-5,8,10,12H,6-7,9H2,1-3H3,(H,19,20)/t10-,12-/m0/s1. The number of carbonyl (C=O) groups is 2. The van der Waals surface area contributed by atoms with Gasteiger partial charge in [-0.05, 0) is 51.2 Å². The molecule has 2 rings (SSSR count). The van der Waals surface area contributed by atoms with E-state index in [0.717, 1.165) is 17.7 Å². The monoisotopic (exact) mass is 291 g/mol. The van der Waals surface area contributed by atoms with Crippen LogP contribution in [0.25, 0.3) is 0 Å². The Hall–Kier alpha value is -1.91. The van der Waals surface area contributed by atoms with Crippen LogP contribution in [-0.4, -0.2) is 27.6 Å². The highest BCUT2D eigenvalue weighted by molar-refractivity contribution is 5.80. The molecule has 21 heavy (non-hydrogen) atoms. The average molecular weight is 291 g/mol. The van der Waals surface area contributed by atoms with E-state index in [1.807, 2.05) is 12.1 Å². The maximum absolute atomic E-state index is 11.9. The molecule has 114 valence electrons. The van der Waals surface area contributed by atoms with Gasteiger partial charge in [0, 0.05) is 11.9 Å². The van der Waals surface area contributed by atoms with Crippen molar-refractivity contribution in [2.24, 2.45) is 5.92 Å². The van der Waals surface area contributed by atoms with Crippen LogP contribution >= 0.6 is 0 Å². The summed E-state index contributed by atoms with van der Waals surface area (Å²) in [4.78, 5) is 27.8. The number of carboxylic acids is 1. The quantitative estimate of drug-likeness (QED) is 0.863. The lowest BCUT2D eigenvalue weighted by Gasteiger charge is -2.23. The van der Waals surface area contributed by atoms with Crippen molar-refractivity contribution >= 4 is 11.9 Å². The summed E-state index contributed by atoms with van der Waals surface area (Å²) in [6.07, 6.45) is 3.08. The molecule has 0 saturated heterocycles. The van der Waals surface area contributed by atoms with Crippen molar-refractivity contribution < 1.29 is 19.4 Å². The minimum absolute atomic E-state index is 0.106. The van der Waals surface area contributed by atoms with Crippen molar-refractivity contribution in [1.82, 2.24) is 4.98 Å². The number of hydrogen-bond donors (Lipinski definition) is 1. The predicted molar refractivity (Wildman–Crippen MR) is 76.9 cm³/mol. The fourth-order valence-corrected chi connectivity index (χ4v) is 2.83. The van der Waals surface area contributed by atoms with Crippen molar-refractivity contribution in [3.63, 3.8) is 0 Å². The van der Waals surface area contributed by atoms with Gasteiger partial charge in [-0.25, -0.2) is 0 Å². The Kier molecular flexibility index (Phi) is 4.30. The van der Waals surface area contributed by atoms with Crippen molar-refractivity contribution in [3.8, 4) is 0 Å². The molecule has 1 aromatic heterocycles. The van der Waals surface area contributed by atoms with Crippen molar-refractivity contribution in [1.29, 1.82) is 0 Å². The summed E-state index contributed by atoms with van der Waals surface area (Å²) in [5.41, 5.74) is 1.29. The second kappa shape index (κ2) is 5.84. The van der Waals surface area contributed by atoms with E-state index >= 15 is 0 Å². The van der Waals surface area contributed by atoms with Gasteiger partial charge in [0.15, 0.2) is 0 Å². The van der Waals surface area contributed by atoms with E-state index in [9.17, 15) is 14.7 Å². The second-order valence-corrected chi connectivity index (χ2v) is 6.42. The Morgan fingerprint density at radius 2 is 2.19 bits per heavy atom. The molecule has 0 amide bonds. The van der Waals surface area contributed by atoms with Crippen LogP contribution in [0.5, 0.6) is 0 Å². The van der Waals surface area contributed by atoms with Crippen LogP contribution in [-0.2, 0) is 20.7 Å². The zero-order valence-electron chi connectivity index (χ0n) is 12.6. The van der Waals surface area contributed by atoms with Crippen LogP contribution in [0, 0.1) is 5.92 Å². The lowest BCUT2D eigenvalue weighted by molar-refractivity contribution is -0.160. The molecule has 0 bridgehead atoms. The normalized spacial score (nSPS) is 18.9. The van der Waals surface area contributed by atoms with Crippen molar-refractivity contribution in [2.75, 3.05) is 0 Å². The molecule has 0 aliphatic heterocycles. The molecule has 1 N–H and O–H groups in total. The third-order valence-corrected chi connectivity index (χ3v) is 3.63. The Morgan fingerprint density at radius 1 is 1.48 bits per heavy atom. The molecule has 1 heterocycles. The highest BCUT2D eigenvalue weighted by Crippen LogP contribution is 2.39. The summed E-state index contributed by atoms with van der Waals surface area (Å²) in [5, 5.41) is 9.48. The van der Waals surface area contributed by atoms with E-state index in [1.165, 1.54) is 0 Å². The van der Waals surface area contributed by atoms with Crippen LogP contribution in [0.1, 0.15) is 50.8 Å². The number of carbonyl (C=O) groups excluding carboxylic acids is 1. The van der Waals surface area contributed by atoms with Crippen LogP contribution in [0.15, 0.2) is 18.3 Å². The summed E-state index contributed by atoms with van der Waals surface area (Å²) >= 11 is 0. The molecule has 0 fully saturated rings. The molecule has 1 aromatic rings. The van der Waals surface area contributed by atoms with Crippen molar-refractivity contribution in [2.45, 2.75) is 51.6 Å². The molecule has 0 aromatic carbocycles. The van der Waals surface area contributed by atoms with Crippen LogP contribution in [0.4, 0.5) is 0 Å². The Morgan fingerprint density at radius 3 is 2.81 bits per heavy atom. The van der Waals surface area contributed by atoms with Gasteiger partial charge in [0.2, 0.25) is 0 Å². The lowest BCUT2D eigenvalue weighted by Crippen LogP contribution is -2.29. The first-order chi connectivity index (χ1) is 9.78. The van der Waals surface area contributed by atoms with E-state index in [2.05, 4.69) is 4.98 Å². The van der Waals surface area contributed by atoms with Gasteiger partial charge >= 0.3 is 11.9 Å². The van der Waals surface area contributed by atoms with Gasteiger partial charge in [-0.2, -0.15) is 0 Å². The Bertz CT molecular complexity index is 547. The molecule has 5 nitrogen and oxygen atoms in total. The van der Waals surface area contributed by atoms with E-state index < -0.39 is 23.5 Å². The van der Waals surface area contributed by atoms with Crippen LogP contribution in [0.2, 0.25) is 0 Å². The Balaban J connectivity index is 2.14. The minimum Gasteiger partial charge on any atom is -0.481 e. The number of hydrogen-bond acceptors (Lipinski definition) is 4. The molecule has 0 radical (unpaired) electrons. The number of nitrogens with zero attached hydrogens (tertiary/aromatic N) is 1. The number of aliphatic carboxylic acids is 1.